The van der Waals surface area contributed by atoms with Gasteiger partial charge in [0.15, 0.2) is 5.76 Å². The maximum Gasteiger partial charge on any atom is 0.379 e. The number of carbonyl (C=O) groups is 2. The van der Waals surface area contributed by atoms with Crippen LogP contribution in [0.25, 0.3) is 16.3 Å². The van der Waals surface area contributed by atoms with Crippen molar-refractivity contribution in [1.82, 2.24) is 20.0 Å². The first-order valence-corrected chi connectivity index (χ1v) is 13.2. The number of methoxy groups -OCH3 is 2. The van der Waals surface area contributed by atoms with E-state index >= 15 is 0 Å². The van der Waals surface area contributed by atoms with Gasteiger partial charge in [0.05, 0.1) is 26.5 Å². The third-order valence-corrected chi connectivity index (χ3v) is 6.01. The van der Waals surface area contributed by atoms with E-state index in [4.69, 9.17) is 18.6 Å². The van der Waals surface area contributed by atoms with Crippen molar-refractivity contribution >= 4 is 34.1 Å². The van der Waals surface area contributed by atoms with Gasteiger partial charge >= 0.3 is 5.63 Å². The van der Waals surface area contributed by atoms with Crippen molar-refractivity contribution < 1.29 is 33.3 Å². The Kier molecular flexibility index (Phi) is 11.1. The molecule has 41 heavy (non-hydrogen) atoms. The van der Waals surface area contributed by atoms with Gasteiger partial charge in [0.25, 0.3) is 5.91 Å². The normalized spacial score (nSPS) is 10.4. The molecule has 1 aromatic carbocycles. The average molecular weight is 587 g/mol. The van der Waals surface area contributed by atoms with Crippen LogP contribution in [0.3, 0.4) is 0 Å². The third kappa shape index (κ3) is 7.33. The number of hydrogen-bond donors (Lipinski definition) is 3. The molecule has 0 fully saturated rings. The summed E-state index contributed by atoms with van der Waals surface area (Å²) in [5.41, 5.74) is 0.0616. The highest BCUT2D eigenvalue weighted by atomic mass is 32.1. The van der Waals surface area contributed by atoms with Crippen LogP contribution in [0.4, 0.5) is 10.9 Å². The van der Waals surface area contributed by atoms with Gasteiger partial charge in [-0.05, 0) is 17.7 Å². The molecule has 0 unspecified atom stereocenters. The van der Waals surface area contributed by atoms with Crippen molar-refractivity contribution in [2.24, 2.45) is 0 Å². The van der Waals surface area contributed by atoms with Gasteiger partial charge in [0, 0.05) is 31.2 Å². The lowest BCUT2D eigenvalue weighted by Crippen LogP contribution is -2.18. The largest absolute Gasteiger partial charge is 0.496 e. The van der Waals surface area contributed by atoms with Crippen molar-refractivity contribution in [3.63, 3.8) is 0 Å². The van der Waals surface area contributed by atoms with E-state index in [1.165, 1.54) is 38.1 Å². The summed E-state index contributed by atoms with van der Waals surface area (Å²) in [7, 11) is 2.92. The van der Waals surface area contributed by atoms with Crippen LogP contribution in [0.1, 0.15) is 36.9 Å². The number of rotatable bonds is 11. The zero-order valence-electron chi connectivity index (χ0n) is 23.1. The van der Waals surface area contributed by atoms with Crippen molar-refractivity contribution in [2.45, 2.75) is 27.4 Å². The first-order valence-electron chi connectivity index (χ1n) is 12.4. The molecule has 4 aromatic rings. The lowest BCUT2D eigenvalue weighted by Gasteiger charge is -2.16. The van der Waals surface area contributed by atoms with E-state index in [1.54, 1.807) is 24.3 Å². The first-order chi connectivity index (χ1) is 19.9. The molecule has 0 radical (unpaired) electrons. The summed E-state index contributed by atoms with van der Waals surface area (Å²) in [6.07, 6.45) is 1.47. The Morgan fingerprint density at radius 2 is 1.90 bits per heavy atom. The third-order valence-electron chi connectivity index (χ3n) is 5.20. The fraction of sp³-hybridized carbons (Fsp3) is 0.308. The number of aliphatic hydroxyl groups excluding tert-OH is 1. The molecule has 4 rings (SSSR count). The number of nitrogens with one attached hydrogen (secondary N) is 2. The number of carbonyl (C=O) groups excluding carboxylic acids is 2. The highest BCUT2D eigenvalue weighted by Crippen LogP contribution is 2.38. The van der Waals surface area contributed by atoms with Crippen LogP contribution in [0.15, 0.2) is 45.7 Å². The first kappa shape index (κ1) is 30.9. The molecule has 0 atom stereocenters. The van der Waals surface area contributed by atoms with Crippen LogP contribution in [0.5, 0.6) is 11.5 Å². The van der Waals surface area contributed by atoms with Crippen LogP contribution < -0.4 is 25.7 Å². The Bertz CT molecular complexity index is 1520. The minimum atomic E-state index is -0.919. The number of anilines is 2. The monoisotopic (exact) mass is 586 g/mol. The molecule has 0 saturated carbocycles. The molecule has 3 heterocycles. The number of hydrogen-bond acceptors (Lipinski definition) is 12. The molecule has 0 aliphatic carbocycles. The summed E-state index contributed by atoms with van der Waals surface area (Å²) in [5, 5.41) is 27.5. The van der Waals surface area contributed by atoms with Gasteiger partial charge in [-0.1, -0.05) is 37.3 Å². The van der Waals surface area contributed by atoms with Gasteiger partial charge in [-0.25, -0.2) is 4.79 Å². The number of amides is 2. The molecule has 0 spiro atoms. The standard InChI is InChI=1S/C24H24N6O8S.C2H6/c1-13(32)26-18-7-8-25-30(18)24-29-28-23(39-24)27-21(33)17-11-15(20(22(34)38-17)37-10-9-35-2)19-14(12-31)5-4-6-16(19)36-3;1-2/h4-8,11,31H,9-10,12H2,1-3H3,(H,26,32)(H,27,28,33);1-2H3. The minimum Gasteiger partial charge on any atom is -0.496 e. The molecule has 3 aromatic heterocycles. The quantitative estimate of drug-likeness (QED) is 0.220. The van der Waals surface area contributed by atoms with E-state index in [1.807, 2.05) is 13.8 Å². The molecule has 2 amide bonds. The van der Waals surface area contributed by atoms with Crippen molar-refractivity contribution in [1.29, 1.82) is 0 Å². The highest BCUT2D eigenvalue weighted by Gasteiger charge is 2.24. The Morgan fingerprint density at radius 3 is 2.59 bits per heavy atom. The maximum atomic E-state index is 13.1. The summed E-state index contributed by atoms with van der Waals surface area (Å²) in [4.78, 5) is 37.5. The molecule has 15 heteroatoms. The average Bonchev–Trinajstić information content (AvgIpc) is 3.63. The molecule has 3 N–H and O–H groups in total. The lowest BCUT2D eigenvalue weighted by molar-refractivity contribution is -0.114. The minimum absolute atomic E-state index is 0.0326. The van der Waals surface area contributed by atoms with Crippen molar-refractivity contribution in [2.75, 3.05) is 38.1 Å². The van der Waals surface area contributed by atoms with Gasteiger partial charge in [-0.3, -0.25) is 14.9 Å². The number of benzene rings is 1. The zero-order valence-corrected chi connectivity index (χ0v) is 23.9. The van der Waals surface area contributed by atoms with Gasteiger partial charge in [0.1, 0.15) is 18.2 Å². The second kappa shape index (κ2) is 14.7. The Balaban J connectivity index is 0.00000226. The van der Waals surface area contributed by atoms with Gasteiger partial charge in [-0.15, -0.1) is 10.2 Å². The summed E-state index contributed by atoms with van der Waals surface area (Å²) >= 11 is 0.972. The van der Waals surface area contributed by atoms with Gasteiger partial charge in [0.2, 0.25) is 21.9 Å². The number of aromatic nitrogens is 4. The molecule has 218 valence electrons. The Hall–Kier alpha value is -4.60. The summed E-state index contributed by atoms with van der Waals surface area (Å²) in [6.45, 7) is 5.21. The zero-order chi connectivity index (χ0) is 29.9. The fourth-order valence-electron chi connectivity index (χ4n) is 3.57. The van der Waals surface area contributed by atoms with Crippen LogP contribution >= 0.6 is 11.3 Å². The van der Waals surface area contributed by atoms with Crippen molar-refractivity contribution in [3.8, 4) is 27.8 Å². The van der Waals surface area contributed by atoms with Crippen LogP contribution in [-0.4, -0.2) is 64.3 Å². The summed E-state index contributed by atoms with van der Waals surface area (Å²) in [6, 6.07) is 7.88. The maximum absolute atomic E-state index is 13.1. The van der Waals surface area contributed by atoms with E-state index in [-0.39, 0.29) is 53.1 Å². The molecule has 0 bridgehead atoms. The molecular weight excluding hydrogens is 556 g/mol. The second-order valence-corrected chi connectivity index (χ2v) is 8.74. The van der Waals surface area contributed by atoms with Crippen LogP contribution in [-0.2, 0) is 16.1 Å². The smallest absolute Gasteiger partial charge is 0.379 e. The van der Waals surface area contributed by atoms with E-state index in [0.717, 1.165) is 11.3 Å². The van der Waals surface area contributed by atoms with E-state index < -0.39 is 11.5 Å². The molecule has 14 nitrogen and oxygen atoms in total. The van der Waals surface area contributed by atoms with Crippen molar-refractivity contribution in [3.05, 3.63) is 58.3 Å². The van der Waals surface area contributed by atoms with Gasteiger partial charge < -0.3 is 29.1 Å². The predicted octanol–water partition coefficient (Wildman–Crippen LogP) is 3.11. The second-order valence-electron chi connectivity index (χ2n) is 7.79. The van der Waals surface area contributed by atoms with E-state index in [0.29, 0.717) is 22.7 Å². The molecular formula is C26H30N6O8S. The molecule has 0 aliphatic heterocycles. The molecule has 0 aliphatic rings. The Morgan fingerprint density at radius 1 is 1.12 bits per heavy atom. The fourth-order valence-corrected chi connectivity index (χ4v) is 4.28. The van der Waals surface area contributed by atoms with Crippen LogP contribution in [0, 0.1) is 0 Å². The summed E-state index contributed by atoms with van der Waals surface area (Å²) < 4.78 is 22.7. The topological polar surface area (TPSA) is 180 Å². The molecule has 0 saturated heterocycles. The predicted molar refractivity (Wildman–Crippen MR) is 151 cm³/mol. The summed E-state index contributed by atoms with van der Waals surface area (Å²) in [5.74, 6) is -0.896. The van der Waals surface area contributed by atoms with Crippen LogP contribution in [0.2, 0.25) is 0 Å². The SMILES string of the molecule is CC.COCCOc1c(-c2c(CO)cccc2OC)cc(C(=O)Nc2nnc(-n3nccc3NC(C)=O)s2)oc1=O. The number of aliphatic hydroxyl groups is 1. The lowest BCUT2D eigenvalue weighted by atomic mass is 9.98. The van der Waals surface area contributed by atoms with Gasteiger partial charge in [-0.2, -0.15) is 9.78 Å². The van der Waals surface area contributed by atoms with E-state index in [9.17, 15) is 19.5 Å². The van der Waals surface area contributed by atoms with E-state index in [2.05, 4.69) is 25.9 Å². The number of nitrogens with zero attached hydrogens (tertiary/aromatic N) is 4. The Labute approximate surface area is 238 Å². The highest BCUT2D eigenvalue weighted by molar-refractivity contribution is 7.17. The number of ether oxygens (including phenoxy) is 3.